The number of benzene rings is 2. The molecule has 3 aliphatic rings. The van der Waals surface area contributed by atoms with E-state index in [9.17, 15) is 0 Å². The summed E-state index contributed by atoms with van der Waals surface area (Å²) in [6, 6.07) is 13.9. The predicted molar refractivity (Wildman–Crippen MR) is 161 cm³/mol. The van der Waals surface area contributed by atoms with E-state index < -0.39 is 0 Å². The van der Waals surface area contributed by atoms with Gasteiger partial charge < -0.3 is 24.3 Å². The first-order valence-electron chi connectivity index (χ1n) is 14.7. The van der Waals surface area contributed by atoms with Gasteiger partial charge in [0, 0.05) is 79.4 Å². The molecule has 6 heterocycles. The zero-order valence-electron chi connectivity index (χ0n) is 23.3. The summed E-state index contributed by atoms with van der Waals surface area (Å²) in [6.45, 7) is 6.42. The zero-order chi connectivity index (χ0) is 27.3. The van der Waals surface area contributed by atoms with Gasteiger partial charge in [-0.15, -0.1) is 0 Å². The zero-order valence-corrected chi connectivity index (χ0v) is 23.3. The van der Waals surface area contributed by atoms with Gasteiger partial charge in [0.25, 0.3) is 0 Å². The van der Waals surface area contributed by atoms with Crippen LogP contribution in [0.3, 0.4) is 0 Å². The second-order valence-electron chi connectivity index (χ2n) is 11.6. The van der Waals surface area contributed by atoms with E-state index in [2.05, 4.69) is 78.6 Å². The van der Waals surface area contributed by atoms with E-state index in [-0.39, 0.29) is 0 Å². The van der Waals surface area contributed by atoms with Crippen molar-refractivity contribution in [1.82, 2.24) is 34.4 Å². The number of fused-ring (bicyclic) bond motifs is 5. The van der Waals surface area contributed by atoms with E-state index in [1.807, 2.05) is 23.0 Å². The lowest BCUT2D eigenvalue weighted by molar-refractivity contribution is 0.0989. The first-order valence-corrected chi connectivity index (χ1v) is 14.7. The van der Waals surface area contributed by atoms with Crippen molar-refractivity contribution < 1.29 is 4.74 Å². The van der Waals surface area contributed by atoms with Gasteiger partial charge in [-0.2, -0.15) is 5.10 Å². The number of aromatic amines is 1. The van der Waals surface area contributed by atoms with Gasteiger partial charge in [-0.05, 0) is 51.2 Å². The third-order valence-electron chi connectivity index (χ3n) is 9.07. The highest BCUT2D eigenvalue weighted by atomic mass is 16.5. The molecular weight excluding hydrogens is 514 g/mol. The SMILES string of the molecule is CN1CCC(N2CCN3c4ccc(Nc5nc(-c6ccc7cn[nH]c7c6)cn6ccnc56)cc4OCC[C@H]3C2)CC1. The highest BCUT2D eigenvalue weighted by Gasteiger charge is 2.34. The number of piperazine rings is 1. The van der Waals surface area contributed by atoms with E-state index in [0.717, 1.165) is 71.9 Å². The number of aromatic nitrogens is 5. The van der Waals surface area contributed by atoms with Crippen LogP contribution in [0.15, 0.2) is 61.2 Å². The number of nitrogens with zero attached hydrogens (tertiary/aromatic N) is 7. The Labute approximate surface area is 238 Å². The predicted octanol–water partition coefficient (Wildman–Crippen LogP) is 4.38. The number of likely N-dealkylation sites (tertiary alicyclic amines) is 1. The molecule has 2 fully saturated rings. The van der Waals surface area contributed by atoms with Crippen molar-refractivity contribution in [3.63, 3.8) is 0 Å². The fourth-order valence-electron chi connectivity index (χ4n) is 6.77. The number of hydrogen-bond donors (Lipinski definition) is 2. The number of nitrogens with one attached hydrogen (secondary N) is 2. The van der Waals surface area contributed by atoms with Crippen LogP contribution in [0.2, 0.25) is 0 Å². The van der Waals surface area contributed by atoms with Crippen LogP contribution in [0.4, 0.5) is 17.2 Å². The van der Waals surface area contributed by atoms with Gasteiger partial charge in [0.1, 0.15) is 5.75 Å². The van der Waals surface area contributed by atoms with Crippen molar-refractivity contribution in [2.24, 2.45) is 0 Å². The number of piperidine rings is 1. The third kappa shape index (κ3) is 4.57. The molecule has 3 aromatic heterocycles. The second-order valence-corrected chi connectivity index (χ2v) is 11.6. The monoisotopic (exact) mass is 549 g/mol. The normalized spacial score (nSPS) is 20.5. The Bertz CT molecular complexity index is 1700. The molecular formula is C31H35N9O. The maximum atomic E-state index is 6.35. The molecule has 0 spiro atoms. The van der Waals surface area contributed by atoms with Crippen molar-refractivity contribution in [2.45, 2.75) is 31.3 Å². The van der Waals surface area contributed by atoms with Crippen LogP contribution < -0.4 is 15.0 Å². The largest absolute Gasteiger partial charge is 0.491 e. The average Bonchev–Trinajstić information content (AvgIpc) is 3.63. The number of rotatable bonds is 4. The second kappa shape index (κ2) is 10.0. The van der Waals surface area contributed by atoms with Crippen LogP contribution in [-0.2, 0) is 0 Å². The summed E-state index contributed by atoms with van der Waals surface area (Å²) in [5.41, 5.74) is 5.75. The van der Waals surface area contributed by atoms with Gasteiger partial charge in [0.2, 0.25) is 0 Å². The molecule has 1 atom stereocenters. The lowest BCUT2D eigenvalue weighted by atomic mass is 9.99. The minimum atomic E-state index is 0.485. The maximum Gasteiger partial charge on any atom is 0.180 e. The molecule has 0 aliphatic carbocycles. The van der Waals surface area contributed by atoms with Gasteiger partial charge >= 0.3 is 0 Å². The Balaban J connectivity index is 1.05. The van der Waals surface area contributed by atoms with Crippen molar-refractivity contribution in [2.75, 3.05) is 56.6 Å². The van der Waals surface area contributed by atoms with Gasteiger partial charge in [-0.3, -0.25) is 10.00 Å². The van der Waals surface area contributed by atoms with Crippen LogP contribution in [-0.4, -0.2) is 92.8 Å². The Morgan fingerprint density at radius 1 is 1.00 bits per heavy atom. The molecule has 0 bridgehead atoms. The lowest BCUT2D eigenvalue weighted by Crippen LogP contribution is -2.57. The fourth-order valence-corrected chi connectivity index (χ4v) is 6.77. The average molecular weight is 550 g/mol. The molecule has 2 saturated heterocycles. The Morgan fingerprint density at radius 2 is 1.93 bits per heavy atom. The minimum Gasteiger partial charge on any atom is -0.491 e. The Hall–Kier alpha value is -4.15. The lowest BCUT2D eigenvalue weighted by Gasteiger charge is -2.46. The standard InChI is InChI=1S/C31H35N9O/c1-37-10-6-24(7-11-37)38-13-14-40-25(19-38)8-15-41-29-17-23(4-5-28(29)40)34-30-31-32-9-12-39(31)20-27(35-30)21-2-3-22-18-33-36-26(22)16-21/h2-5,9,12,16-18,20,24-25H,6-8,10-11,13-15,19H2,1H3,(H,33,36)(H,34,35)/t25-/m0/s1. The van der Waals surface area contributed by atoms with Crippen molar-refractivity contribution >= 4 is 33.7 Å². The van der Waals surface area contributed by atoms with E-state index in [4.69, 9.17) is 9.72 Å². The number of imidazole rings is 1. The number of ether oxygens (including phenoxy) is 1. The van der Waals surface area contributed by atoms with Crippen molar-refractivity contribution in [3.8, 4) is 17.0 Å². The first kappa shape index (κ1) is 24.6. The molecule has 41 heavy (non-hydrogen) atoms. The summed E-state index contributed by atoms with van der Waals surface area (Å²) >= 11 is 0. The van der Waals surface area contributed by atoms with E-state index >= 15 is 0 Å². The smallest absolute Gasteiger partial charge is 0.180 e. The molecule has 2 N–H and O–H groups in total. The number of anilines is 3. The summed E-state index contributed by atoms with van der Waals surface area (Å²) in [7, 11) is 2.24. The van der Waals surface area contributed by atoms with Crippen molar-refractivity contribution in [1.29, 1.82) is 0 Å². The summed E-state index contributed by atoms with van der Waals surface area (Å²) in [4.78, 5) is 17.3. The van der Waals surface area contributed by atoms with Crippen molar-refractivity contribution in [3.05, 3.63) is 61.2 Å². The Morgan fingerprint density at radius 3 is 2.85 bits per heavy atom. The van der Waals surface area contributed by atoms with Crippen LogP contribution in [0.1, 0.15) is 19.3 Å². The van der Waals surface area contributed by atoms with Crippen LogP contribution in [0.25, 0.3) is 27.8 Å². The summed E-state index contributed by atoms with van der Waals surface area (Å²) in [6.07, 6.45) is 11.2. The maximum absolute atomic E-state index is 6.35. The van der Waals surface area contributed by atoms with E-state index in [1.165, 1.54) is 31.6 Å². The summed E-state index contributed by atoms with van der Waals surface area (Å²) in [5.74, 6) is 1.64. The molecule has 8 rings (SSSR count). The van der Waals surface area contributed by atoms with Gasteiger partial charge in [0.05, 0.1) is 29.7 Å². The molecule has 0 unspecified atom stereocenters. The molecule has 3 aliphatic heterocycles. The molecule has 2 aromatic carbocycles. The first-order chi connectivity index (χ1) is 20.2. The molecule has 210 valence electrons. The Kier molecular flexibility index (Phi) is 6.03. The molecule has 5 aromatic rings. The quantitative estimate of drug-likeness (QED) is 0.341. The van der Waals surface area contributed by atoms with Gasteiger partial charge in [0.15, 0.2) is 11.5 Å². The number of hydrogen-bond acceptors (Lipinski definition) is 8. The van der Waals surface area contributed by atoms with Crippen LogP contribution in [0.5, 0.6) is 5.75 Å². The summed E-state index contributed by atoms with van der Waals surface area (Å²) in [5, 5.41) is 11.8. The van der Waals surface area contributed by atoms with E-state index in [1.54, 1.807) is 6.20 Å². The topological polar surface area (TPSA) is 89.9 Å². The fraction of sp³-hybridized carbons (Fsp3) is 0.387. The molecule has 0 amide bonds. The van der Waals surface area contributed by atoms with Crippen LogP contribution in [0, 0.1) is 0 Å². The molecule has 0 radical (unpaired) electrons. The molecule has 0 saturated carbocycles. The highest BCUT2D eigenvalue weighted by molar-refractivity contribution is 5.84. The number of H-pyrrole nitrogens is 1. The molecule has 10 nitrogen and oxygen atoms in total. The van der Waals surface area contributed by atoms with Gasteiger partial charge in [-0.25, -0.2) is 9.97 Å². The van der Waals surface area contributed by atoms with Gasteiger partial charge in [-0.1, -0.05) is 12.1 Å². The van der Waals surface area contributed by atoms with E-state index in [0.29, 0.717) is 17.9 Å². The highest BCUT2D eigenvalue weighted by Crippen LogP contribution is 2.38. The third-order valence-corrected chi connectivity index (χ3v) is 9.07. The van der Waals surface area contributed by atoms with Crippen LogP contribution >= 0.6 is 0 Å². The molecule has 10 heteroatoms. The minimum absolute atomic E-state index is 0.485. The summed E-state index contributed by atoms with van der Waals surface area (Å²) < 4.78 is 8.36.